The molecule has 5 rings (SSSR count). The quantitative estimate of drug-likeness (QED) is 0.119. The molecular weight excluding hydrogens is 536 g/mol. The maximum Gasteiger partial charge on any atom is 0.335 e. The molecule has 0 heterocycles. The van der Waals surface area contributed by atoms with Crippen LogP contribution in [0, 0.1) is 0 Å². The molecule has 0 spiro atoms. The lowest BCUT2D eigenvalue weighted by molar-refractivity contribution is -0.154. The van der Waals surface area contributed by atoms with Crippen molar-refractivity contribution in [3.63, 3.8) is 0 Å². The maximum absolute atomic E-state index is 12.1. The van der Waals surface area contributed by atoms with E-state index in [2.05, 4.69) is 79.7 Å². The largest absolute Gasteiger partial charge is 0.491 e. The minimum absolute atomic E-state index is 0.223. The van der Waals surface area contributed by atoms with Crippen molar-refractivity contribution in [2.24, 2.45) is 0 Å². The number of benzene rings is 4. The Morgan fingerprint density at radius 1 is 0.767 bits per heavy atom. The summed E-state index contributed by atoms with van der Waals surface area (Å²) in [6.45, 7) is 5.16. The van der Waals surface area contributed by atoms with Gasteiger partial charge in [0, 0.05) is 13.5 Å². The van der Waals surface area contributed by atoms with E-state index in [4.69, 9.17) is 18.9 Å². The Labute approximate surface area is 255 Å². The van der Waals surface area contributed by atoms with E-state index in [1.807, 2.05) is 30.3 Å². The average Bonchev–Trinajstić information content (AvgIpc) is 3.19. The summed E-state index contributed by atoms with van der Waals surface area (Å²) < 4.78 is 23.1. The van der Waals surface area contributed by atoms with Crippen LogP contribution in [0.1, 0.15) is 59.8 Å². The number of hydrogen-bond acceptors (Lipinski definition) is 5. The van der Waals surface area contributed by atoms with Gasteiger partial charge in [-0.25, -0.2) is 4.79 Å². The molecule has 1 aliphatic carbocycles. The summed E-state index contributed by atoms with van der Waals surface area (Å²) in [5, 5.41) is 0. The van der Waals surface area contributed by atoms with Crippen molar-refractivity contribution in [2.75, 3.05) is 26.9 Å². The fraction of sp³-hybridized carbons (Fsp3) is 0.289. The summed E-state index contributed by atoms with van der Waals surface area (Å²) in [6.07, 6.45) is 6.18. The summed E-state index contributed by atoms with van der Waals surface area (Å²) >= 11 is 0. The van der Waals surface area contributed by atoms with Crippen molar-refractivity contribution < 1.29 is 23.7 Å². The Bertz CT molecular complexity index is 1520. The second-order valence-electron chi connectivity index (χ2n) is 10.7. The molecule has 2 atom stereocenters. The Morgan fingerprint density at radius 2 is 1.53 bits per heavy atom. The maximum atomic E-state index is 12.1. The first-order valence-electron chi connectivity index (χ1n) is 15.1. The van der Waals surface area contributed by atoms with Crippen LogP contribution < -0.4 is 4.74 Å². The molecule has 0 aliphatic heterocycles. The smallest absolute Gasteiger partial charge is 0.335 e. The Balaban J connectivity index is 1.30. The van der Waals surface area contributed by atoms with Crippen LogP contribution in [0.25, 0.3) is 23.3 Å². The van der Waals surface area contributed by atoms with Gasteiger partial charge < -0.3 is 18.9 Å². The first-order valence-corrected chi connectivity index (χ1v) is 15.1. The Morgan fingerprint density at radius 3 is 2.28 bits per heavy atom. The minimum Gasteiger partial charge on any atom is -0.491 e. The van der Waals surface area contributed by atoms with E-state index < -0.39 is 6.10 Å². The van der Waals surface area contributed by atoms with E-state index in [1.165, 1.54) is 34.9 Å². The van der Waals surface area contributed by atoms with E-state index in [9.17, 15) is 4.79 Å². The van der Waals surface area contributed by atoms with Crippen molar-refractivity contribution in [3.8, 4) is 16.9 Å². The van der Waals surface area contributed by atoms with Crippen LogP contribution in [0.4, 0.5) is 0 Å². The van der Waals surface area contributed by atoms with Gasteiger partial charge >= 0.3 is 5.97 Å². The average molecular weight is 577 g/mol. The lowest BCUT2D eigenvalue weighted by atomic mass is 9.92. The second-order valence-corrected chi connectivity index (χ2v) is 10.7. The number of ether oxygens (including phenoxy) is 4. The van der Waals surface area contributed by atoms with Crippen LogP contribution in [0.3, 0.4) is 0 Å². The molecule has 0 amide bonds. The molecule has 0 bridgehead atoms. The predicted octanol–water partition coefficient (Wildman–Crippen LogP) is 8.10. The van der Waals surface area contributed by atoms with E-state index in [0.29, 0.717) is 26.2 Å². The summed E-state index contributed by atoms with van der Waals surface area (Å²) in [5.74, 6) is 0.396. The van der Waals surface area contributed by atoms with Crippen molar-refractivity contribution in [1.82, 2.24) is 0 Å². The first kappa shape index (κ1) is 30.3. The first-order chi connectivity index (χ1) is 21.1. The number of carbonyl (C=O) groups is 1. The van der Waals surface area contributed by atoms with Gasteiger partial charge in [-0.15, -0.1) is 0 Å². The monoisotopic (exact) mass is 576 g/mol. The third-order valence-corrected chi connectivity index (χ3v) is 7.71. The number of carbonyl (C=O) groups excluding carboxylic acids is 1. The number of esters is 1. The number of hydrogen-bond donors (Lipinski definition) is 0. The molecule has 43 heavy (non-hydrogen) atoms. The molecule has 5 nitrogen and oxygen atoms in total. The topological polar surface area (TPSA) is 54.0 Å². The van der Waals surface area contributed by atoms with Crippen LogP contribution in [0.5, 0.6) is 5.75 Å². The highest BCUT2D eigenvalue weighted by atomic mass is 16.6. The SMILES string of the molecule is CCCc1ccc2c(c1)C=Cc1ccc(-c3ccccc3)cc1C2OCCOc1ccc(CC(OC)C(=O)OCC)cc1. The highest BCUT2D eigenvalue weighted by molar-refractivity contribution is 5.79. The molecule has 1 aliphatic rings. The standard InChI is InChI=1S/C38H40O5/c1-4-9-27-14-21-34-32(24-27)18-16-30-15-17-31(29-10-7-6-8-11-29)26-35(30)37(34)43-23-22-42-33-19-12-28(13-20-33)25-36(40-3)38(39)41-5-2/h6-8,10-21,24,26,36-37H,4-5,9,22-23,25H2,1-3H3. The highest BCUT2D eigenvalue weighted by Crippen LogP contribution is 2.38. The van der Waals surface area contributed by atoms with E-state index in [1.54, 1.807) is 6.92 Å². The molecule has 0 N–H and O–H groups in total. The zero-order valence-electron chi connectivity index (χ0n) is 25.3. The van der Waals surface area contributed by atoms with Crippen molar-refractivity contribution in [3.05, 3.63) is 124 Å². The fourth-order valence-electron chi connectivity index (χ4n) is 5.50. The third kappa shape index (κ3) is 7.61. The Hall–Kier alpha value is -4.19. The summed E-state index contributed by atoms with van der Waals surface area (Å²) in [5.41, 5.74) is 9.33. The van der Waals surface area contributed by atoms with Crippen LogP contribution in [0.15, 0.2) is 91.0 Å². The second kappa shape index (κ2) is 14.8. The van der Waals surface area contributed by atoms with Crippen LogP contribution in [-0.2, 0) is 31.8 Å². The van der Waals surface area contributed by atoms with E-state index in [0.717, 1.165) is 35.3 Å². The summed E-state index contributed by atoms with van der Waals surface area (Å²) in [7, 11) is 1.52. The van der Waals surface area contributed by atoms with Crippen molar-refractivity contribution in [2.45, 2.75) is 45.3 Å². The molecular formula is C38H40O5. The minimum atomic E-state index is -0.625. The molecule has 4 aromatic carbocycles. The Kier molecular flexibility index (Phi) is 10.4. The zero-order valence-corrected chi connectivity index (χ0v) is 25.3. The number of methoxy groups -OCH3 is 1. The van der Waals surface area contributed by atoms with Gasteiger partial charge in [0.15, 0.2) is 6.10 Å². The lowest BCUT2D eigenvalue weighted by Crippen LogP contribution is -2.27. The molecule has 4 aromatic rings. The number of fused-ring (bicyclic) bond motifs is 2. The van der Waals surface area contributed by atoms with Crippen LogP contribution >= 0.6 is 0 Å². The van der Waals surface area contributed by atoms with Gasteiger partial charge in [-0.05, 0) is 76.1 Å². The highest BCUT2D eigenvalue weighted by Gasteiger charge is 2.24. The third-order valence-electron chi connectivity index (χ3n) is 7.71. The van der Waals surface area contributed by atoms with Crippen molar-refractivity contribution >= 4 is 18.1 Å². The van der Waals surface area contributed by atoms with E-state index in [-0.39, 0.29) is 12.1 Å². The number of rotatable bonds is 13. The molecule has 222 valence electrons. The fourth-order valence-corrected chi connectivity index (χ4v) is 5.50. The molecule has 0 aromatic heterocycles. The summed E-state index contributed by atoms with van der Waals surface area (Å²) in [4.78, 5) is 12.1. The van der Waals surface area contributed by atoms with Gasteiger partial charge in [0.2, 0.25) is 0 Å². The number of aryl methyl sites for hydroxylation is 1. The predicted molar refractivity (Wildman–Crippen MR) is 172 cm³/mol. The van der Waals surface area contributed by atoms with Gasteiger partial charge in [-0.3, -0.25) is 0 Å². The molecule has 5 heteroatoms. The van der Waals surface area contributed by atoms with Crippen LogP contribution in [-0.4, -0.2) is 39.0 Å². The van der Waals surface area contributed by atoms with Gasteiger partial charge in [0.25, 0.3) is 0 Å². The van der Waals surface area contributed by atoms with Gasteiger partial charge in [-0.1, -0.05) is 98.3 Å². The van der Waals surface area contributed by atoms with Crippen molar-refractivity contribution in [1.29, 1.82) is 0 Å². The summed E-state index contributed by atoms with van der Waals surface area (Å²) in [6, 6.07) is 31.6. The molecule has 0 saturated heterocycles. The van der Waals surface area contributed by atoms with Crippen LogP contribution in [0.2, 0.25) is 0 Å². The molecule has 0 fully saturated rings. The van der Waals surface area contributed by atoms with E-state index >= 15 is 0 Å². The lowest BCUT2D eigenvalue weighted by Gasteiger charge is -2.22. The normalized spacial score (nSPS) is 14.3. The van der Waals surface area contributed by atoms with Gasteiger partial charge in [0.1, 0.15) is 18.5 Å². The van der Waals surface area contributed by atoms with Gasteiger partial charge in [0.05, 0.1) is 13.2 Å². The molecule has 0 saturated carbocycles. The molecule has 0 radical (unpaired) electrons. The van der Waals surface area contributed by atoms with Gasteiger partial charge in [-0.2, -0.15) is 0 Å². The zero-order chi connectivity index (χ0) is 30.0. The molecule has 2 unspecified atom stereocenters.